The highest BCUT2D eigenvalue weighted by atomic mass is 15.3. The molecule has 3 heteroatoms. The van der Waals surface area contributed by atoms with Crippen LogP contribution in [0.15, 0.2) is 0 Å². The van der Waals surface area contributed by atoms with Gasteiger partial charge in [-0.05, 0) is 43.7 Å². The van der Waals surface area contributed by atoms with Gasteiger partial charge in [0, 0.05) is 39.3 Å². The summed E-state index contributed by atoms with van der Waals surface area (Å²) in [6.07, 6.45) is 2.76. The minimum Gasteiger partial charge on any atom is -0.317 e. The summed E-state index contributed by atoms with van der Waals surface area (Å²) >= 11 is 0. The second kappa shape index (κ2) is 7.61. The van der Waals surface area contributed by atoms with Gasteiger partial charge in [0.25, 0.3) is 0 Å². The molecular formula is C16H33N3. The Hall–Kier alpha value is -0.120. The number of nitrogens with one attached hydrogen (secondary N) is 1. The molecule has 0 unspecified atom stereocenters. The lowest BCUT2D eigenvalue weighted by atomic mass is 9.96. The van der Waals surface area contributed by atoms with Crippen LogP contribution in [-0.2, 0) is 0 Å². The number of piperidine rings is 1. The zero-order valence-electron chi connectivity index (χ0n) is 13.2. The molecule has 2 fully saturated rings. The molecule has 1 atom stereocenters. The summed E-state index contributed by atoms with van der Waals surface area (Å²) in [4.78, 5) is 5.37. The summed E-state index contributed by atoms with van der Waals surface area (Å²) in [6, 6.07) is 0. The van der Waals surface area contributed by atoms with E-state index in [-0.39, 0.29) is 0 Å². The highest BCUT2D eigenvalue weighted by Crippen LogP contribution is 2.16. The molecule has 112 valence electrons. The topological polar surface area (TPSA) is 18.5 Å². The molecule has 0 bridgehead atoms. The monoisotopic (exact) mass is 267 g/mol. The van der Waals surface area contributed by atoms with Crippen molar-refractivity contribution in [2.24, 2.45) is 17.8 Å². The zero-order valence-corrected chi connectivity index (χ0v) is 13.2. The van der Waals surface area contributed by atoms with Crippen LogP contribution in [0.1, 0.15) is 33.6 Å². The highest BCUT2D eigenvalue weighted by molar-refractivity contribution is 4.78. The first kappa shape index (κ1) is 15.3. The van der Waals surface area contributed by atoms with Crippen molar-refractivity contribution in [3.63, 3.8) is 0 Å². The molecule has 1 N–H and O–H groups in total. The third-order valence-corrected chi connectivity index (χ3v) is 5.12. The molecule has 19 heavy (non-hydrogen) atoms. The largest absolute Gasteiger partial charge is 0.317 e. The van der Waals surface area contributed by atoms with E-state index >= 15 is 0 Å². The molecular weight excluding hydrogens is 234 g/mol. The van der Waals surface area contributed by atoms with E-state index in [9.17, 15) is 0 Å². The maximum Gasteiger partial charge on any atom is 0.0110 e. The third-order valence-electron chi connectivity index (χ3n) is 5.12. The van der Waals surface area contributed by atoms with Crippen LogP contribution in [0.25, 0.3) is 0 Å². The second-order valence-electron chi connectivity index (χ2n) is 7.02. The number of nitrogens with zero attached hydrogens (tertiary/aromatic N) is 2. The Labute approximate surface area is 119 Å². The summed E-state index contributed by atoms with van der Waals surface area (Å²) in [5.41, 5.74) is 0. The fourth-order valence-electron chi connectivity index (χ4n) is 3.20. The third kappa shape index (κ3) is 5.05. The van der Waals surface area contributed by atoms with Crippen molar-refractivity contribution in [3.8, 4) is 0 Å². The van der Waals surface area contributed by atoms with Crippen LogP contribution in [0.4, 0.5) is 0 Å². The molecule has 0 aromatic rings. The van der Waals surface area contributed by atoms with Gasteiger partial charge in [0.2, 0.25) is 0 Å². The van der Waals surface area contributed by atoms with Crippen molar-refractivity contribution in [1.82, 2.24) is 15.1 Å². The predicted molar refractivity (Wildman–Crippen MR) is 82.5 cm³/mol. The van der Waals surface area contributed by atoms with Crippen LogP contribution in [-0.4, -0.2) is 62.2 Å². The number of hydrogen-bond donors (Lipinski definition) is 1. The van der Waals surface area contributed by atoms with Gasteiger partial charge in [0.1, 0.15) is 0 Å². The smallest absolute Gasteiger partial charge is 0.0110 e. The molecule has 0 aromatic carbocycles. The fourth-order valence-corrected chi connectivity index (χ4v) is 3.20. The van der Waals surface area contributed by atoms with Gasteiger partial charge in [-0.15, -0.1) is 0 Å². The Kier molecular flexibility index (Phi) is 6.11. The van der Waals surface area contributed by atoms with Crippen LogP contribution in [0, 0.1) is 17.8 Å². The Balaban J connectivity index is 1.64. The van der Waals surface area contributed by atoms with Crippen molar-refractivity contribution >= 4 is 0 Å². The van der Waals surface area contributed by atoms with Gasteiger partial charge in [0.05, 0.1) is 0 Å². The van der Waals surface area contributed by atoms with Crippen molar-refractivity contribution in [2.45, 2.75) is 33.6 Å². The van der Waals surface area contributed by atoms with E-state index in [1.54, 1.807) is 0 Å². The average Bonchev–Trinajstić information content (AvgIpc) is 2.42. The number of rotatable bonds is 5. The highest BCUT2D eigenvalue weighted by Gasteiger charge is 2.22. The summed E-state index contributed by atoms with van der Waals surface area (Å²) in [6.45, 7) is 17.3. The van der Waals surface area contributed by atoms with Gasteiger partial charge >= 0.3 is 0 Å². The molecule has 2 heterocycles. The van der Waals surface area contributed by atoms with Crippen LogP contribution >= 0.6 is 0 Å². The molecule has 2 saturated heterocycles. The van der Waals surface area contributed by atoms with Crippen molar-refractivity contribution in [2.75, 3.05) is 52.4 Å². The van der Waals surface area contributed by atoms with Gasteiger partial charge in [-0.1, -0.05) is 20.8 Å². The molecule has 0 amide bonds. The zero-order chi connectivity index (χ0) is 13.7. The molecule has 2 aliphatic rings. The van der Waals surface area contributed by atoms with Gasteiger partial charge in [-0.2, -0.15) is 0 Å². The standard InChI is InChI=1S/C16H33N3/c1-14(2)15(3)12-18-8-10-19(11-9-18)13-16-4-6-17-7-5-16/h14-17H,4-13H2,1-3H3/t15-/m1/s1. The lowest BCUT2D eigenvalue weighted by molar-refractivity contribution is 0.0959. The van der Waals surface area contributed by atoms with E-state index in [1.807, 2.05) is 0 Å². The van der Waals surface area contributed by atoms with Crippen LogP contribution in [0.5, 0.6) is 0 Å². The van der Waals surface area contributed by atoms with Gasteiger partial charge in [0.15, 0.2) is 0 Å². The lowest BCUT2D eigenvalue weighted by Crippen LogP contribution is -2.49. The average molecular weight is 267 g/mol. The molecule has 2 rings (SSSR count). The fraction of sp³-hybridized carbons (Fsp3) is 1.00. The van der Waals surface area contributed by atoms with E-state index in [1.165, 1.54) is 65.2 Å². The first-order valence-electron chi connectivity index (χ1n) is 8.30. The minimum absolute atomic E-state index is 0.813. The van der Waals surface area contributed by atoms with Crippen molar-refractivity contribution in [1.29, 1.82) is 0 Å². The molecule has 0 spiro atoms. The summed E-state index contributed by atoms with van der Waals surface area (Å²) in [5.74, 6) is 2.59. The Bertz CT molecular complexity index is 240. The van der Waals surface area contributed by atoms with Crippen LogP contribution in [0.2, 0.25) is 0 Å². The van der Waals surface area contributed by atoms with Crippen LogP contribution in [0.3, 0.4) is 0 Å². The quantitative estimate of drug-likeness (QED) is 0.821. The van der Waals surface area contributed by atoms with Crippen LogP contribution < -0.4 is 5.32 Å². The van der Waals surface area contributed by atoms with E-state index < -0.39 is 0 Å². The first-order valence-corrected chi connectivity index (χ1v) is 8.30. The molecule has 2 aliphatic heterocycles. The normalized spacial score (nSPS) is 25.9. The van der Waals surface area contributed by atoms with E-state index in [2.05, 4.69) is 35.9 Å². The number of hydrogen-bond acceptors (Lipinski definition) is 3. The van der Waals surface area contributed by atoms with Gasteiger partial charge in [-0.3, -0.25) is 0 Å². The summed E-state index contributed by atoms with van der Waals surface area (Å²) < 4.78 is 0. The van der Waals surface area contributed by atoms with Crippen molar-refractivity contribution in [3.05, 3.63) is 0 Å². The lowest BCUT2D eigenvalue weighted by Gasteiger charge is -2.38. The van der Waals surface area contributed by atoms with E-state index in [0.717, 1.165) is 17.8 Å². The Morgan fingerprint density at radius 2 is 1.53 bits per heavy atom. The second-order valence-corrected chi connectivity index (χ2v) is 7.02. The summed E-state index contributed by atoms with van der Waals surface area (Å²) in [5, 5.41) is 3.46. The van der Waals surface area contributed by atoms with Crippen molar-refractivity contribution < 1.29 is 0 Å². The minimum atomic E-state index is 0.813. The Morgan fingerprint density at radius 1 is 0.947 bits per heavy atom. The molecule has 0 aromatic heterocycles. The molecule has 0 radical (unpaired) electrons. The maximum absolute atomic E-state index is 3.46. The maximum atomic E-state index is 3.46. The van der Waals surface area contributed by atoms with Gasteiger partial charge in [-0.25, -0.2) is 0 Å². The number of piperazine rings is 1. The molecule has 3 nitrogen and oxygen atoms in total. The van der Waals surface area contributed by atoms with E-state index in [0.29, 0.717) is 0 Å². The Morgan fingerprint density at radius 3 is 2.11 bits per heavy atom. The van der Waals surface area contributed by atoms with Gasteiger partial charge < -0.3 is 15.1 Å². The van der Waals surface area contributed by atoms with E-state index in [4.69, 9.17) is 0 Å². The first-order chi connectivity index (χ1) is 9.15. The predicted octanol–water partition coefficient (Wildman–Crippen LogP) is 1.90. The molecule has 0 saturated carbocycles. The summed E-state index contributed by atoms with van der Waals surface area (Å²) in [7, 11) is 0. The molecule has 0 aliphatic carbocycles. The SMILES string of the molecule is CC(C)[C@H](C)CN1CCN(CC2CCNCC2)CC1.